The van der Waals surface area contributed by atoms with E-state index in [4.69, 9.17) is 0 Å². The normalized spacial score (nSPS) is 13.3. The molecular weight excluding hydrogens is 589 g/mol. The molecule has 0 aromatic heterocycles. The van der Waals surface area contributed by atoms with Crippen LogP contribution in [-0.2, 0) is 5.41 Å². The van der Waals surface area contributed by atoms with Gasteiger partial charge in [-0.3, -0.25) is 0 Å². The van der Waals surface area contributed by atoms with Gasteiger partial charge in [-0.15, -0.1) is 0 Å². The van der Waals surface area contributed by atoms with E-state index >= 15 is 0 Å². The standard InChI is InChI=1S/C49H34/c1-49(2)45-24-10-9-17-37(45)44-29-34-15-12-22-36(43(34)30-46(44)49)32-25-27-33(28-26-32)47-39-18-5-7-20-41(39)48(42-21-8-6-19-40(42)47)38-23-11-14-31-13-3-4-16-35(31)38/h3-30H,1-2H3. The van der Waals surface area contributed by atoms with Crippen LogP contribution >= 0.6 is 0 Å². The van der Waals surface area contributed by atoms with E-state index in [1.54, 1.807) is 0 Å². The molecule has 0 bridgehead atoms. The molecule has 9 aromatic carbocycles. The second-order valence-electron chi connectivity index (χ2n) is 14.0. The van der Waals surface area contributed by atoms with E-state index in [0.29, 0.717) is 0 Å². The first-order valence-corrected chi connectivity index (χ1v) is 17.3. The van der Waals surface area contributed by atoms with Crippen LogP contribution in [0.3, 0.4) is 0 Å². The fourth-order valence-corrected chi connectivity index (χ4v) is 8.71. The van der Waals surface area contributed by atoms with Gasteiger partial charge in [0.25, 0.3) is 0 Å². The van der Waals surface area contributed by atoms with Crippen molar-refractivity contribution in [3.8, 4) is 44.5 Å². The minimum atomic E-state index is -0.0304. The van der Waals surface area contributed by atoms with Crippen LogP contribution < -0.4 is 0 Å². The van der Waals surface area contributed by atoms with E-state index in [-0.39, 0.29) is 5.41 Å². The molecule has 0 N–H and O–H groups in total. The molecule has 0 heteroatoms. The van der Waals surface area contributed by atoms with Crippen LogP contribution in [-0.4, -0.2) is 0 Å². The first kappa shape index (κ1) is 28.1. The van der Waals surface area contributed by atoms with Gasteiger partial charge in [-0.05, 0) is 111 Å². The predicted molar refractivity (Wildman–Crippen MR) is 210 cm³/mol. The highest BCUT2D eigenvalue weighted by molar-refractivity contribution is 6.23. The van der Waals surface area contributed by atoms with Crippen LogP contribution in [0, 0.1) is 0 Å². The van der Waals surface area contributed by atoms with Crippen LogP contribution in [0.4, 0.5) is 0 Å². The lowest BCUT2D eigenvalue weighted by atomic mass is 9.81. The molecular formula is C49H34. The Labute approximate surface area is 286 Å². The summed E-state index contributed by atoms with van der Waals surface area (Å²) in [6, 6.07) is 63.1. The third-order valence-corrected chi connectivity index (χ3v) is 11.1. The van der Waals surface area contributed by atoms with Crippen LogP contribution in [0.5, 0.6) is 0 Å². The Morgan fingerprint density at radius 3 is 1.53 bits per heavy atom. The van der Waals surface area contributed by atoms with Gasteiger partial charge in [0, 0.05) is 5.41 Å². The summed E-state index contributed by atoms with van der Waals surface area (Å²) in [4.78, 5) is 0. The SMILES string of the molecule is CC1(C)c2ccccc2-c2cc3cccc(-c4ccc(-c5c6ccccc6c(-c6cccc7ccccc67)c6ccccc56)cc4)c3cc21. The lowest BCUT2D eigenvalue weighted by Crippen LogP contribution is -2.14. The third-order valence-electron chi connectivity index (χ3n) is 11.1. The molecule has 1 aliphatic rings. The summed E-state index contributed by atoms with van der Waals surface area (Å²) in [6.07, 6.45) is 0. The minimum Gasteiger partial charge on any atom is -0.0619 e. The molecule has 0 saturated carbocycles. The molecule has 0 radical (unpaired) electrons. The molecule has 10 rings (SSSR count). The van der Waals surface area contributed by atoms with Crippen molar-refractivity contribution in [3.63, 3.8) is 0 Å². The molecule has 1 aliphatic carbocycles. The molecule has 0 heterocycles. The van der Waals surface area contributed by atoms with E-state index in [9.17, 15) is 0 Å². The largest absolute Gasteiger partial charge is 0.0619 e. The quantitative estimate of drug-likeness (QED) is 0.172. The van der Waals surface area contributed by atoms with Crippen molar-refractivity contribution in [1.29, 1.82) is 0 Å². The summed E-state index contributed by atoms with van der Waals surface area (Å²) in [5, 5.41) is 10.3. The molecule has 0 atom stereocenters. The maximum Gasteiger partial charge on any atom is 0.0159 e. The summed E-state index contributed by atoms with van der Waals surface area (Å²) in [7, 11) is 0. The van der Waals surface area contributed by atoms with Crippen LogP contribution in [0.2, 0.25) is 0 Å². The summed E-state index contributed by atoms with van der Waals surface area (Å²) >= 11 is 0. The Kier molecular flexibility index (Phi) is 6.02. The van der Waals surface area contributed by atoms with Gasteiger partial charge in [0.05, 0.1) is 0 Å². The maximum absolute atomic E-state index is 2.46. The van der Waals surface area contributed by atoms with Gasteiger partial charge < -0.3 is 0 Å². The van der Waals surface area contributed by atoms with Crippen molar-refractivity contribution in [2.45, 2.75) is 19.3 Å². The van der Waals surface area contributed by atoms with Crippen molar-refractivity contribution < 1.29 is 0 Å². The number of fused-ring (bicyclic) bond motifs is 7. The van der Waals surface area contributed by atoms with Crippen molar-refractivity contribution in [2.24, 2.45) is 0 Å². The molecule has 0 spiro atoms. The minimum absolute atomic E-state index is 0.0304. The van der Waals surface area contributed by atoms with E-state index in [0.717, 1.165) is 0 Å². The summed E-state index contributed by atoms with van der Waals surface area (Å²) in [5.41, 5.74) is 13.1. The zero-order valence-electron chi connectivity index (χ0n) is 27.7. The third kappa shape index (κ3) is 4.11. The molecule has 230 valence electrons. The average Bonchev–Trinajstić information content (AvgIpc) is 3.38. The topological polar surface area (TPSA) is 0 Å². The number of benzene rings is 9. The zero-order chi connectivity index (χ0) is 32.7. The van der Waals surface area contributed by atoms with Crippen molar-refractivity contribution in [1.82, 2.24) is 0 Å². The Hall–Kier alpha value is -5.98. The molecule has 49 heavy (non-hydrogen) atoms. The van der Waals surface area contributed by atoms with Gasteiger partial charge >= 0.3 is 0 Å². The van der Waals surface area contributed by atoms with Gasteiger partial charge in [-0.1, -0.05) is 172 Å². The van der Waals surface area contributed by atoms with Gasteiger partial charge in [0.15, 0.2) is 0 Å². The zero-order valence-corrected chi connectivity index (χ0v) is 27.7. The van der Waals surface area contributed by atoms with Crippen molar-refractivity contribution in [2.75, 3.05) is 0 Å². The fraction of sp³-hybridized carbons (Fsp3) is 0.0612. The average molecular weight is 623 g/mol. The second kappa shape index (κ2) is 10.5. The highest BCUT2D eigenvalue weighted by Crippen LogP contribution is 2.51. The molecule has 0 fully saturated rings. The molecule has 9 aromatic rings. The summed E-state index contributed by atoms with van der Waals surface area (Å²) in [5.74, 6) is 0. The highest BCUT2D eigenvalue weighted by atomic mass is 14.4. The Morgan fingerprint density at radius 1 is 0.306 bits per heavy atom. The number of hydrogen-bond donors (Lipinski definition) is 0. The number of rotatable bonds is 3. The van der Waals surface area contributed by atoms with Gasteiger partial charge in [0.2, 0.25) is 0 Å². The predicted octanol–water partition coefficient (Wildman–Crippen LogP) is 13.6. The van der Waals surface area contributed by atoms with Gasteiger partial charge in [0.1, 0.15) is 0 Å². The first-order valence-electron chi connectivity index (χ1n) is 17.3. The summed E-state index contributed by atoms with van der Waals surface area (Å²) < 4.78 is 0. The van der Waals surface area contributed by atoms with Crippen molar-refractivity contribution >= 4 is 43.1 Å². The first-order chi connectivity index (χ1) is 24.1. The Balaban J connectivity index is 1.15. The fourth-order valence-electron chi connectivity index (χ4n) is 8.71. The highest BCUT2D eigenvalue weighted by Gasteiger charge is 2.35. The summed E-state index contributed by atoms with van der Waals surface area (Å²) in [6.45, 7) is 4.72. The monoisotopic (exact) mass is 622 g/mol. The maximum atomic E-state index is 2.46. The molecule has 0 unspecified atom stereocenters. The van der Waals surface area contributed by atoms with E-state index < -0.39 is 0 Å². The van der Waals surface area contributed by atoms with Crippen molar-refractivity contribution in [3.05, 3.63) is 181 Å². The van der Waals surface area contributed by atoms with Crippen LogP contribution in [0.25, 0.3) is 87.6 Å². The lowest BCUT2D eigenvalue weighted by Gasteiger charge is -2.22. The molecule has 0 aliphatic heterocycles. The van der Waals surface area contributed by atoms with E-state index in [1.807, 2.05) is 0 Å². The van der Waals surface area contributed by atoms with Crippen LogP contribution in [0.1, 0.15) is 25.0 Å². The smallest absolute Gasteiger partial charge is 0.0159 e. The van der Waals surface area contributed by atoms with Gasteiger partial charge in [-0.25, -0.2) is 0 Å². The van der Waals surface area contributed by atoms with Crippen LogP contribution in [0.15, 0.2) is 170 Å². The lowest BCUT2D eigenvalue weighted by molar-refractivity contribution is 0.661. The molecule has 0 amide bonds. The Morgan fingerprint density at radius 2 is 0.816 bits per heavy atom. The second-order valence-corrected chi connectivity index (χ2v) is 14.0. The van der Waals surface area contributed by atoms with E-state index in [1.165, 1.54) is 98.7 Å². The molecule has 0 nitrogen and oxygen atoms in total. The Bertz CT molecular complexity index is 2720. The number of hydrogen-bond acceptors (Lipinski definition) is 0. The van der Waals surface area contributed by atoms with E-state index in [2.05, 4.69) is 184 Å². The molecule has 0 saturated heterocycles. The van der Waals surface area contributed by atoms with Gasteiger partial charge in [-0.2, -0.15) is 0 Å².